The molecule has 1 aliphatic heterocycles. The van der Waals surface area contributed by atoms with Crippen molar-refractivity contribution in [1.29, 1.82) is 0 Å². The van der Waals surface area contributed by atoms with Crippen LogP contribution in [0.5, 0.6) is 11.5 Å². The molecule has 0 radical (unpaired) electrons. The number of para-hydroxylation sites is 2. The molecule has 0 spiro atoms. The molecule has 0 atom stereocenters. The molecule has 0 bridgehead atoms. The highest BCUT2D eigenvalue weighted by Crippen LogP contribution is 2.36. The van der Waals surface area contributed by atoms with Gasteiger partial charge in [-0.2, -0.15) is 0 Å². The molecule has 1 aliphatic rings. The third kappa shape index (κ3) is 3.32. The van der Waals surface area contributed by atoms with Gasteiger partial charge in [0.2, 0.25) is 6.79 Å². The Morgan fingerprint density at radius 1 is 0.900 bits per heavy atom. The zero-order chi connectivity index (χ0) is 20.7. The molecule has 0 fully saturated rings. The van der Waals surface area contributed by atoms with Crippen LogP contribution < -0.4 is 14.8 Å². The van der Waals surface area contributed by atoms with Crippen molar-refractivity contribution in [3.63, 3.8) is 0 Å². The van der Waals surface area contributed by atoms with Gasteiger partial charge in [-0.25, -0.2) is 4.98 Å². The van der Waals surface area contributed by atoms with E-state index in [4.69, 9.17) is 37.7 Å². The summed E-state index contributed by atoms with van der Waals surface area (Å²) in [5.74, 6) is 1.01. The van der Waals surface area contributed by atoms with E-state index in [9.17, 15) is 4.79 Å². The summed E-state index contributed by atoms with van der Waals surface area (Å²) in [6.07, 6.45) is 0. The number of nitrogens with zero attached hydrogens (tertiary/aromatic N) is 1. The molecule has 0 saturated heterocycles. The lowest BCUT2D eigenvalue weighted by atomic mass is 10.0. The smallest absolute Gasteiger partial charge is 0.256 e. The van der Waals surface area contributed by atoms with Crippen LogP contribution in [0.2, 0.25) is 10.0 Å². The minimum absolute atomic E-state index is 0.191. The average Bonchev–Trinajstić information content (AvgIpc) is 3.23. The molecule has 5 nitrogen and oxygen atoms in total. The summed E-state index contributed by atoms with van der Waals surface area (Å²) < 4.78 is 10.9. The summed E-state index contributed by atoms with van der Waals surface area (Å²) in [5, 5.41) is 4.29. The van der Waals surface area contributed by atoms with Crippen molar-refractivity contribution in [2.24, 2.45) is 0 Å². The molecule has 1 amide bonds. The number of benzene rings is 3. The van der Waals surface area contributed by atoms with E-state index in [1.807, 2.05) is 42.5 Å². The first-order chi connectivity index (χ1) is 14.6. The van der Waals surface area contributed by atoms with E-state index in [0.29, 0.717) is 44.0 Å². The highest BCUT2D eigenvalue weighted by Gasteiger charge is 2.19. The van der Waals surface area contributed by atoms with Crippen LogP contribution in [-0.4, -0.2) is 17.7 Å². The third-order valence-corrected chi connectivity index (χ3v) is 5.46. The quantitative estimate of drug-likeness (QED) is 0.415. The second-order valence-corrected chi connectivity index (χ2v) is 7.51. The van der Waals surface area contributed by atoms with E-state index < -0.39 is 0 Å². The lowest BCUT2D eigenvalue weighted by Gasteiger charge is -2.12. The van der Waals surface area contributed by atoms with E-state index >= 15 is 0 Å². The number of halogens is 2. The third-order valence-electron chi connectivity index (χ3n) is 4.83. The van der Waals surface area contributed by atoms with Crippen LogP contribution >= 0.6 is 23.2 Å². The Balaban J connectivity index is 1.61. The van der Waals surface area contributed by atoms with Gasteiger partial charge in [-0.15, -0.1) is 0 Å². The van der Waals surface area contributed by atoms with E-state index in [1.165, 1.54) is 0 Å². The van der Waals surface area contributed by atoms with E-state index in [0.717, 1.165) is 10.9 Å². The zero-order valence-electron chi connectivity index (χ0n) is 15.5. The Labute approximate surface area is 182 Å². The Kier molecular flexibility index (Phi) is 4.69. The minimum atomic E-state index is -0.328. The minimum Gasteiger partial charge on any atom is -0.454 e. The lowest BCUT2D eigenvalue weighted by Crippen LogP contribution is -2.13. The maximum absolute atomic E-state index is 13.2. The molecule has 3 aromatic carbocycles. The van der Waals surface area contributed by atoms with Crippen LogP contribution in [0, 0.1) is 0 Å². The second-order valence-electron chi connectivity index (χ2n) is 6.69. The number of rotatable bonds is 3. The summed E-state index contributed by atoms with van der Waals surface area (Å²) in [6.45, 7) is 0.191. The molecule has 0 unspecified atom stereocenters. The summed E-state index contributed by atoms with van der Waals surface area (Å²) in [7, 11) is 0. The van der Waals surface area contributed by atoms with Gasteiger partial charge >= 0.3 is 0 Å². The first kappa shape index (κ1) is 18.7. The second kappa shape index (κ2) is 7.52. The molecule has 148 valence electrons. The topological polar surface area (TPSA) is 60.5 Å². The van der Waals surface area contributed by atoms with Crippen molar-refractivity contribution in [2.75, 3.05) is 12.1 Å². The van der Waals surface area contributed by atoms with Gasteiger partial charge in [0, 0.05) is 10.9 Å². The fraction of sp³-hybridized carbons (Fsp3) is 0.0435. The highest BCUT2D eigenvalue weighted by molar-refractivity contribution is 6.40. The highest BCUT2D eigenvalue weighted by atomic mass is 35.5. The lowest BCUT2D eigenvalue weighted by molar-refractivity contribution is 0.102. The van der Waals surface area contributed by atoms with Crippen molar-refractivity contribution in [3.05, 3.63) is 82.3 Å². The normalized spacial score (nSPS) is 12.2. The number of ether oxygens (including phenoxy) is 2. The van der Waals surface area contributed by atoms with Gasteiger partial charge in [0.15, 0.2) is 11.5 Å². The first-order valence-corrected chi connectivity index (χ1v) is 9.91. The van der Waals surface area contributed by atoms with Gasteiger partial charge in [0.1, 0.15) is 0 Å². The van der Waals surface area contributed by atoms with Crippen LogP contribution in [0.1, 0.15) is 10.4 Å². The van der Waals surface area contributed by atoms with Crippen LogP contribution in [0.15, 0.2) is 66.7 Å². The number of nitrogens with one attached hydrogen (secondary N) is 1. The summed E-state index contributed by atoms with van der Waals surface area (Å²) >= 11 is 12.4. The number of hydrogen-bond acceptors (Lipinski definition) is 4. The number of anilines is 1. The largest absolute Gasteiger partial charge is 0.454 e. The van der Waals surface area contributed by atoms with Crippen LogP contribution in [0.25, 0.3) is 22.2 Å². The Hall–Kier alpha value is -3.28. The van der Waals surface area contributed by atoms with Crippen LogP contribution in [0.3, 0.4) is 0 Å². The summed E-state index contributed by atoms with van der Waals surface area (Å²) in [4.78, 5) is 17.9. The van der Waals surface area contributed by atoms with Crippen molar-refractivity contribution in [2.45, 2.75) is 0 Å². The molecule has 5 rings (SSSR count). The summed E-state index contributed by atoms with van der Waals surface area (Å²) in [5.41, 5.74) is 2.99. The fourth-order valence-electron chi connectivity index (χ4n) is 3.37. The van der Waals surface area contributed by atoms with Gasteiger partial charge in [0.05, 0.1) is 32.5 Å². The molecular weight excluding hydrogens is 423 g/mol. The van der Waals surface area contributed by atoms with Gasteiger partial charge in [0.25, 0.3) is 5.91 Å². The van der Waals surface area contributed by atoms with E-state index in [-0.39, 0.29) is 12.7 Å². The van der Waals surface area contributed by atoms with Crippen molar-refractivity contribution in [3.8, 4) is 22.8 Å². The molecule has 1 aromatic heterocycles. The number of fused-ring (bicyclic) bond motifs is 2. The number of hydrogen-bond donors (Lipinski definition) is 1. The Morgan fingerprint density at radius 3 is 2.50 bits per heavy atom. The number of carbonyl (C=O) groups is 1. The first-order valence-electron chi connectivity index (χ1n) is 9.15. The van der Waals surface area contributed by atoms with Crippen molar-refractivity contribution < 1.29 is 14.3 Å². The Morgan fingerprint density at radius 2 is 1.67 bits per heavy atom. The van der Waals surface area contributed by atoms with E-state index in [2.05, 4.69) is 5.32 Å². The van der Waals surface area contributed by atoms with Crippen molar-refractivity contribution >= 4 is 45.7 Å². The zero-order valence-corrected chi connectivity index (χ0v) is 17.0. The van der Waals surface area contributed by atoms with Gasteiger partial charge in [-0.05, 0) is 42.5 Å². The predicted octanol–water partition coefficient (Wildman–Crippen LogP) is 6.19. The van der Waals surface area contributed by atoms with Crippen LogP contribution in [0.4, 0.5) is 5.69 Å². The number of amides is 1. The average molecular weight is 437 g/mol. The molecule has 0 aliphatic carbocycles. The molecular formula is C23H14Cl2N2O3. The maximum Gasteiger partial charge on any atom is 0.256 e. The monoisotopic (exact) mass is 436 g/mol. The maximum atomic E-state index is 13.2. The molecule has 4 aromatic rings. The van der Waals surface area contributed by atoms with Crippen molar-refractivity contribution in [1.82, 2.24) is 4.98 Å². The van der Waals surface area contributed by atoms with Crippen LogP contribution in [-0.2, 0) is 0 Å². The van der Waals surface area contributed by atoms with E-state index in [1.54, 1.807) is 24.3 Å². The number of aromatic nitrogens is 1. The Bertz CT molecular complexity index is 1290. The molecule has 2 heterocycles. The van der Waals surface area contributed by atoms with Gasteiger partial charge < -0.3 is 14.8 Å². The molecule has 1 N–H and O–H groups in total. The molecule has 7 heteroatoms. The SMILES string of the molecule is O=C(Nc1c(Cl)cccc1Cl)c1cc(-c2ccc3c(c2)OCO3)nc2ccccc12. The summed E-state index contributed by atoms with van der Waals surface area (Å²) in [6, 6.07) is 19.9. The van der Waals surface area contributed by atoms with Gasteiger partial charge in [-0.1, -0.05) is 47.5 Å². The number of pyridine rings is 1. The number of carbonyl (C=O) groups excluding carboxylic acids is 1. The molecule has 0 saturated carbocycles. The van der Waals surface area contributed by atoms with Gasteiger partial charge in [-0.3, -0.25) is 4.79 Å². The predicted molar refractivity (Wildman–Crippen MR) is 118 cm³/mol. The standard InChI is InChI=1S/C23H14Cl2N2O3/c24-16-5-3-6-17(25)22(16)27-23(28)15-11-19(26-18-7-2-1-4-14(15)18)13-8-9-20-21(10-13)30-12-29-20/h1-11H,12H2,(H,27,28). The fourth-order valence-corrected chi connectivity index (χ4v) is 3.86. The molecule has 30 heavy (non-hydrogen) atoms.